The second-order valence-corrected chi connectivity index (χ2v) is 10.2. The van der Waals surface area contributed by atoms with Crippen LogP contribution < -0.4 is 10.6 Å². The van der Waals surface area contributed by atoms with Crippen molar-refractivity contribution in [1.29, 1.82) is 0 Å². The molecule has 0 spiro atoms. The number of pyridine rings is 1. The number of carbonyl (C=O) groups is 2. The molecule has 1 radical (unpaired) electrons. The maximum atomic E-state index is 12.7. The van der Waals surface area contributed by atoms with Crippen LogP contribution in [0.25, 0.3) is 11.4 Å². The number of ether oxygens (including phenoxy) is 1. The number of aromatic nitrogens is 3. The number of rotatable bonds is 13. The maximum Gasteiger partial charge on any atom is 0.253 e. The van der Waals surface area contributed by atoms with Crippen molar-refractivity contribution >= 4 is 35.7 Å². The lowest BCUT2D eigenvalue weighted by molar-refractivity contribution is -0.119. The lowest BCUT2D eigenvalue weighted by atomic mass is 10.0. The average Bonchev–Trinajstić information content (AvgIpc) is 3.64. The predicted molar refractivity (Wildman–Crippen MR) is 164 cm³/mol. The lowest BCUT2D eigenvalue weighted by Gasteiger charge is -2.16. The van der Waals surface area contributed by atoms with E-state index in [1.807, 2.05) is 44.7 Å². The number of carbonyl (C=O) groups excluding carboxylic acids is 2. The molecule has 2 unspecified atom stereocenters. The van der Waals surface area contributed by atoms with Gasteiger partial charge in [-0.3, -0.25) is 14.6 Å². The smallest absolute Gasteiger partial charge is 0.253 e. The van der Waals surface area contributed by atoms with Crippen molar-refractivity contribution in [1.82, 2.24) is 19.8 Å². The number of amides is 2. The number of aryl methyl sites for hydroxylation is 1. The quantitative estimate of drug-likeness (QED) is 0.170. The maximum absolute atomic E-state index is 12.7. The molecule has 2 N–H and O–H groups in total. The summed E-state index contributed by atoms with van der Waals surface area (Å²) in [5.41, 5.74) is 2.76. The number of thiazole rings is 1. The van der Waals surface area contributed by atoms with Gasteiger partial charge < -0.3 is 19.8 Å². The summed E-state index contributed by atoms with van der Waals surface area (Å²) in [7, 11) is 3.29. The minimum atomic E-state index is -1.75. The van der Waals surface area contributed by atoms with Gasteiger partial charge in [-0.05, 0) is 37.2 Å². The van der Waals surface area contributed by atoms with Crippen molar-refractivity contribution in [2.45, 2.75) is 72.7 Å². The SMILES string of the molecule is CCCCCC(C)CC.C[B]n1ccc(C(=O)NC(COC)C(=O)Nc2nc(-c3cccc(C)n3)cs2)c1.FCF. The van der Waals surface area contributed by atoms with Gasteiger partial charge in [0.25, 0.3) is 11.8 Å². The van der Waals surface area contributed by atoms with Crippen LogP contribution in [-0.4, -0.2) is 60.4 Å². The Morgan fingerprint density at radius 2 is 1.88 bits per heavy atom. The van der Waals surface area contributed by atoms with E-state index in [1.165, 1.54) is 50.6 Å². The van der Waals surface area contributed by atoms with E-state index in [0.29, 0.717) is 16.4 Å². The first kappa shape index (κ1) is 35.9. The topological polar surface area (TPSA) is 98.1 Å². The largest absolute Gasteiger partial charge is 0.402 e. The normalized spacial score (nSPS) is 11.7. The molecule has 8 nitrogen and oxygen atoms in total. The average molecular weight is 591 g/mol. The van der Waals surface area contributed by atoms with E-state index in [-0.39, 0.29) is 12.5 Å². The number of alkyl halides is 2. The molecule has 0 saturated carbocycles. The molecule has 3 heterocycles. The molecule has 0 aromatic carbocycles. The molecule has 3 rings (SSSR count). The molecule has 0 aliphatic rings. The first-order valence-electron chi connectivity index (χ1n) is 13.8. The van der Waals surface area contributed by atoms with Gasteiger partial charge in [0.1, 0.15) is 11.7 Å². The zero-order valence-corrected chi connectivity index (χ0v) is 25.8. The second-order valence-electron chi connectivity index (χ2n) is 9.39. The number of halogens is 2. The minimum absolute atomic E-state index is 0.0376. The van der Waals surface area contributed by atoms with Gasteiger partial charge in [-0.1, -0.05) is 65.8 Å². The van der Waals surface area contributed by atoms with Crippen molar-refractivity contribution in [2.24, 2.45) is 5.92 Å². The van der Waals surface area contributed by atoms with E-state index in [1.54, 1.807) is 22.9 Å². The molecular weight excluding hydrogens is 547 g/mol. The molecule has 12 heteroatoms. The van der Waals surface area contributed by atoms with Gasteiger partial charge in [-0.2, -0.15) is 0 Å². The summed E-state index contributed by atoms with van der Waals surface area (Å²) >= 11 is 1.29. The summed E-state index contributed by atoms with van der Waals surface area (Å²) in [6.45, 7) is 8.93. The van der Waals surface area contributed by atoms with E-state index in [2.05, 4.69) is 41.4 Å². The van der Waals surface area contributed by atoms with E-state index in [4.69, 9.17) is 4.74 Å². The lowest BCUT2D eigenvalue weighted by Crippen LogP contribution is -2.46. The Hall–Kier alpha value is -3.12. The molecule has 2 atom stereocenters. The Balaban J connectivity index is 0.000000592. The van der Waals surface area contributed by atoms with Crippen LogP contribution in [0.2, 0.25) is 6.82 Å². The highest BCUT2D eigenvalue weighted by Gasteiger charge is 2.23. The van der Waals surface area contributed by atoms with Gasteiger partial charge in [0.2, 0.25) is 14.3 Å². The van der Waals surface area contributed by atoms with Crippen LogP contribution in [-0.2, 0) is 9.53 Å². The van der Waals surface area contributed by atoms with Crippen LogP contribution in [0.3, 0.4) is 0 Å². The molecule has 2 amide bonds. The minimum Gasteiger partial charge on any atom is -0.402 e. The number of nitrogens with one attached hydrogen (secondary N) is 2. The number of methoxy groups -OCH3 is 1. The van der Waals surface area contributed by atoms with Gasteiger partial charge in [-0.15, -0.1) is 11.3 Å². The van der Waals surface area contributed by atoms with Crippen molar-refractivity contribution in [3.63, 3.8) is 0 Å². The van der Waals surface area contributed by atoms with E-state index in [9.17, 15) is 18.4 Å². The van der Waals surface area contributed by atoms with Crippen molar-refractivity contribution in [2.75, 3.05) is 26.0 Å². The fourth-order valence-electron chi connectivity index (χ4n) is 3.57. The Bertz CT molecular complexity index is 1160. The van der Waals surface area contributed by atoms with Gasteiger partial charge in [0, 0.05) is 24.4 Å². The molecule has 3 aromatic heterocycles. The first-order chi connectivity index (χ1) is 19.7. The third-order valence-electron chi connectivity index (χ3n) is 6.11. The summed E-state index contributed by atoms with van der Waals surface area (Å²) in [5.74, 6) is 0.197. The first-order valence-corrected chi connectivity index (χ1v) is 14.7. The molecule has 0 saturated heterocycles. The van der Waals surface area contributed by atoms with Gasteiger partial charge in [0.05, 0.1) is 17.9 Å². The highest BCUT2D eigenvalue weighted by atomic mass is 32.1. The van der Waals surface area contributed by atoms with Crippen LogP contribution in [0.15, 0.2) is 42.0 Å². The van der Waals surface area contributed by atoms with Crippen LogP contribution in [0.4, 0.5) is 13.9 Å². The Labute approximate surface area is 247 Å². The second kappa shape index (κ2) is 20.7. The fraction of sp³-hybridized carbons (Fsp3) is 0.517. The van der Waals surface area contributed by atoms with Gasteiger partial charge in [0.15, 0.2) is 5.13 Å². The number of hydrogen-bond acceptors (Lipinski definition) is 6. The Kier molecular flexibility index (Phi) is 18.1. The molecular formula is C29H43BF2N5O3S. The third-order valence-corrected chi connectivity index (χ3v) is 6.87. The summed E-state index contributed by atoms with van der Waals surface area (Å²) < 4.78 is 26.1. The zero-order chi connectivity index (χ0) is 30.6. The van der Waals surface area contributed by atoms with E-state index >= 15 is 0 Å². The van der Waals surface area contributed by atoms with Gasteiger partial charge >= 0.3 is 0 Å². The Morgan fingerprint density at radius 1 is 1.15 bits per heavy atom. The van der Waals surface area contributed by atoms with Crippen LogP contribution in [0.1, 0.15) is 68.9 Å². The summed E-state index contributed by atoms with van der Waals surface area (Å²) in [6, 6.07) is 6.50. The molecule has 0 fully saturated rings. The highest BCUT2D eigenvalue weighted by molar-refractivity contribution is 7.14. The zero-order valence-electron chi connectivity index (χ0n) is 25.0. The van der Waals surface area contributed by atoms with Crippen LogP contribution in [0, 0.1) is 12.8 Å². The molecule has 3 aromatic rings. The highest BCUT2D eigenvalue weighted by Crippen LogP contribution is 2.23. The fourth-order valence-corrected chi connectivity index (χ4v) is 4.28. The van der Waals surface area contributed by atoms with Crippen molar-refractivity contribution in [3.05, 3.63) is 53.3 Å². The summed E-state index contributed by atoms with van der Waals surface area (Å²) in [5, 5.41) is 7.69. The summed E-state index contributed by atoms with van der Waals surface area (Å²) in [4.78, 5) is 34.0. The van der Waals surface area contributed by atoms with Crippen molar-refractivity contribution < 1.29 is 23.1 Å². The Morgan fingerprint density at radius 3 is 2.46 bits per heavy atom. The van der Waals surface area contributed by atoms with Crippen LogP contribution in [0.5, 0.6) is 0 Å². The monoisotopic (exact) mass is 590 g/mol. The molecule has 0 aliphatic carbocycles. The molecule has 0 aliphatic heterocycles. The number of hydrogen-bond donors (Lipinski definition) is 2. The standard InChI is InChI=1S/C19H21BN5O3S.C9H20.CH2F2/c1-12-5-4-6-14(21-12)16-11-29-19(23-16)24-18(27)15(10-28-3)22-17(26)13-7-8-25(9-13)20-2;1-4-6-7-8-9(3)5-2;2-1-3/h4-9,11,15H,10H2,1-3H3,(H,22,26)(H,23,24,27);9H,4-8H2,1-3H3;1H2. The summed E-state index contributed by atoms with van der Waals surface area (Å²) in [6.07, 6.45) is 10.4. The van der Waals surface area contributed by atoms with E-state index < -0.39 is 18.9 Å². The van der Waals surface area contributed by atoms with Gasteiger partial charge in [-0.25, -0.2) is 13.8 Å². The number of unbranched alkanes of at least 4 members (excludes halogenated alkanes) is 2. The van der Waals surface area contributed by atoms with Crippen molar-refractivity contribution in [3.8, 4) is 11.4 Å². The molecule has 0 bridgehead atoms. The van der Waals surface area contributed by atoms with Crippen LogP contribution >= 0.6 is 11.3 Å². The number of nitrogens with zero attached hydrogens (tertiary/aromatic N) is 3. The van der Waals surface area contributed by atoms with E-state index in [0.717, 1.165) is 17.3 Å². The molecule has 225 valence electrons. The number of anilines is 1. The third kappa shape index (κ3) is 13.9. The predicted octanol–water partition coefficient (Wildman–Crippen LogP) is 6.71. The molecule has 41 heavy (non-hydrogen) atoms.